The summed E-state index contributed by atoms with van der Waals surface area (Å²) in [5, 5.41) is 3.07. The lowest BCUT2D eigenvalue weighted by Crippen LogP contribution is -2.36. The van der Waals surface area contributed by atoms with Gasteiger partial charge >= 0.3 is 0 Å². The summed E-state index contributed by atoms with van der Waals surface area (Å²) < 4.78 is 39.8. The van der Waals surface area contributed by atoms with Crippen molar-refractivity contribution in [2.75, 3.05) is 13.1 Å². The lowest BCUT2D eigenvalue weighted by atomic mass is 10.2. The molecular weight excluding hydrogens is 243 g/mol. The van der Waals surface area contributed by atoms with Crippen LogP contribution < -0.4 is 10.0 Å². The summed E-state index contributed by atoms with van der Waals surface area (Å²) in [4.78, 5) is 0.0180. The molecule has 4 nitrogen and oxygen atoms in total. The molecule has 0 saturated carbocycles. The van der Waals surface area contributed by atoms with Crippen LogP contribution in [0.4, 0.5) is 4.39 Å². The van der Waals surface area contributed by atoms with E-state index in [2.05, 4.69) is 10.0 Å². The van der Waals surface area contributed by atoms with Gasteiger partial charge in [-0.3, -0.25) is 0 Å². The van der Waals surface area contributed by atoms with E-state index in [4.69, 9.17) is 0 Å². The van der Waals surface area contributed by atoms with Crippen LogP contribution in [0.3, 0.4) is 0 Å². The maximum absolute atomic E-state index is 13.1. The Morgan fingerprint density at radius 3 is 2.88 bits per heavy atom. The predicted octanol–water partition coefficient (Wildman–Crippen LogP) is 0.774. The van der Waals surface area contributed by atoms with Crippen LogP contribution in [0.5, 0.6) is 0 Å². The molecule has 0 bridgehead atoms. The minimum absolute atomic E-state index is 0.0180. The van der Waals surface area contributed by atoms with Crippen LogP contribution in [0.25, 0.3) is 0 Å². The van der Waals surface area contributed by atoms with Gasteiger partial charge in [0.2, 0.25) is 10.0 Å². The van der Waals surface area contributed by atoms with Gasteiger partial charge in [-0.2, -0.15) is 0 Å². The van der Waals surface area contributed by atoms with Crippen molar-refractivity contribution in [1.82, 2.24) is 10.0 Å². The smallest absolute Gasteiger partial charge is 0.241 e. The molecule has 1 atom stereocenters. The molecule has 2 rings (SSSR count). The summed E-state index contributed by atoms with van der Waals surface area (Å²) >= 11 is 0. The number of hydrogen-bond donors (Lipinski definition) is 2. The normalized spacial score (nSPS) is 20.7. The third-order valence-corrected chi connectivity index (χ3v) is 4.48. The molecule has 1 aromatic rings. The van der Waals surface area contributed by atoms with Crippen LogP contribution >= 0.6 is 0 Å². The van der Waals surface area contributed by atoms with Crippen LogP contribution in [0.1, 0.15) is 12.0 Å². The first-order valence-corrected chi connectivity index (χ1v) is 6.96. The Balaban J connectivity index is 2.27. The SMILES string of the molecule is Cc1ccc(F)cc1S(=O)(=O)N[C@@H]1CCNC1. The average Bonchev–Trinajstić information content (AvgIpc) is 2.73. The van der Waals surface area contributed by atoms with E-state index in [1.54, 1.807) is 6.92 Å². The van der Waals surface area contributed by atoms with Gasteiger partial charge < -0.3 is 5.32 Å². The summed E-state index contributed by atoms with van der Waals surface area (Å²) in [7, 11) is -3.63. The summed E-state index contributed by atoms with van der Waals surface area (Å²) in [6.07, 6.45) is 0.758. The van der Waals surface area contributed by atoms with Gasteiger partial charge in [0.15, 0.2) is 0 Å². The summed E-state index contributed by atoms with van der Waals surface area (Å²) in [6.45, 7) is 3.07. The quantitative estimate of drug-likeness (QED) is 0.842. The fraction of sp³-hybridized carbons (Fsp3) is 0.455. The molecule has 1 aromatic carbocycles. The van der Waals surface area contributed by atoms with E-state index in [-0.39, 0.29) is 10.9 Å². The van der Waals surface area contributed by atoms with E-state index in [0.717, 1.165) is 19.0 Å². The molecule has 0 aliphatic carbocycles. The molecule has 1 fully saturated rings. The number of hydrogen-bond acceptors (Lipinski definition) is 3. The van der Waals surface area contributed by atoms with E-state index >= 15 is 0 Å². The first-order chi connectivity index (χ1) is 7.99. The zero-order valence-corrected chi connectivity index (χ0v) is 10.3. The van der Waals surface area contributed by atoms with Crippen molar-refractivity contribution in [3.63, 3.8) is 0 Å². The molecule has 0 amide bonds. The Hall–Kier alpha value is -0.980. The van der Waals surface area contributed by atoms with E-state index in [1.807, 2.05) is 0 Å². The first kappa shape index (κ1) is 12.5. The molecule has 1 saturated heterocycles. The van der Waals surface area contributed by atoms with Gasteiger partial charge in [0, 0.05) is 12.6 Å². The van der Waals surface area contributed by atoms with Gasteiger partial charge in [-0.25, -0.2) is 17.5 Å². The zero-order chi connectivity index (χ0) is 12.5. The molecule has 1 aliphatic rings. The zero-order valence-electron chi connectivity index (χ0n) is 9.53. The second kappa shape index (κ2) is 4.72. The van der Waals surface area contributed by atoms with E-state index in [0.29, 0.717) is 12.1 Å². The maximum atomic E-state index is 13.1. The molecular formula is C11H15FN2O2S. The topological polar surface area (TPSA) is 58.2 Å². The summed E-state index contributed by atoms with van der Waals surface area (Å²) in [5.74, 6) is -0.541. The van der Waals surface area contributed by atoms with Gasteiger partial charge in [-0.05, 0) is 37.6 Å². The largest absolute Gasteiger partial charge is 0.315 e. The monoisotopic (exact) mass is 258 g/mol. The van der Waals surface area contributed by atoms with Crippen molar-refractivity contribution in [2.45, 2.75) is 24.3 Å². The molecule has 0 aromatic heterocycles. The highest BCUT2D eigenvalue weighted by molar-refractivity contribution is 7.89. The van der Waals surface area contributed by atoms with Crippen molar-refractivity contribution >= 4 is 10.0 Å². The van der Waals surface area contributed by atoms with Crippen molar-refractivity contribution in [3.8, 4) is 0 Å². The number of rotatable bonds is 3. The third kappa shape index (κ3) is 2.83. The first-order valence-electron chi connectivity index (χ1n) is 5.48. The van der Waals surface area contributed by atoms with Crippen molar-refractivity contribution in [1.29, 1.82) is 0 Å². The molecule has 1 aliphatic heterocycles. The minimum atomic E-state index is -3.63. The van der Waals surface area contributed by atoms with Crippen LogP contribution in [0.2, 0.25) is 0 Å². The highest BCUT2D eigenvalue weighted by atomic mass is 32.2. The Kier molecular flexibility index (Phi) is 3.46. The Morgan fingerprint density at radius 1 is 1.47 bits per heavy atom. The number of halogens is 1. The van der Waals surface area contributed by atoms with Crippen LogP contribution in [0, 0.1) is 12.7 Å². The molecule has 0 unspecified atom stereocenters. The van der Waals surface area contributed by atoms with Gasteiger partial charge in [0.05, 0.1) is 4.90 Å². The fourth-order valence-corrected chi connectivity index (χ4v) is 3.43. The summed E-state index contributed by atoms with van der Waals surface area (Å²) in [5.41, 5.74) is 0.546. The number of benzene rings is 1. The van der Waals surface area contributed by atoms with E-state index < -0.39 is 15.8 Å². The second-order valence-electron chi connectivity index (χ2n) is 4.22. The van der Waals surface area contributed by atoms with Crippen molar-refractivity contribution in [2.24, 2.45) is 0 Å². The van der Waals surface area contributed by atoms with Crippen LogP contribution in [-0.2, 0) is 10.0 Å². The highest BCUT2D eigenvalue weighted by Gasteiger charge is 2.24. The molecule has 94 valence electrons. The lowest BCUT2D eigenvalue weighted by Gasteiger charge is -2.13. The summed E-state index contributed by atoms with van der Waals surface area (Å²) in [6, 6.07) is 3.67. The minimum Gasteiger partial charge on any atom is -0.315 e. The Morgan fingerprint density at radius 2 is 2.24 bits per heavy atom. The van der Waals surface area contributed by atoms with Gasteiger partial charge in [-0.1, -0.05) is 6.07 Å². The molecule has 17 heavy (non-hydrogen) atoms. The van der Waals surface area contributed by atoms with Crippen molar-refractivity contribution in [3.05, 3.63) is 29.6 Å². The fourth-order valence-electron chi connectivity index (χ4n) is 1.90. The number of aryl methyl sites for hydroxylation is 1. The molecule has 0 radical (unpaired) electrons. The van der Waals surface area contributed by atoms with Gasteiger partial charge in [-0.15, -0.1) is 0 Å². The molecule has 0 spiro atoms. The number of sulfonamides is 1. The van der Waals surface area contributed by atoms with Gasteiger partial charge in [0.25, 0.3) is 0 Å². The third-order valence-electron chi connectivity index (χ3n) is 2.82. The molecule has 6 heteroatoms. The Labute approximate surface area is 100 Å². The number of nitrogens with one attached hydrogen (secondary N) is 2. The standard InChI is InChI=1S/C11H15FN2O2S/c1-8-2-3-9(12)6-11(8)17(15,16)14-10-4-5-13-7-10/h2-3,6,10,13-14H,4-5,7H2,1H3/t10-/m1/s1. The Bertz CT molecular complexity index is 510. The average molecular weight is 258 g/mol. The highest BCUT2D eigenvalue weighted by Crippen LogP contribution is 2.17. The van der Waals surface area contributed by atoms with Crippen LogP contribution in [0.15, 0.2) is 23.1 Å². The molecule has 1 heterocycles. The van der Waals surface area contributed by atoms with Crippen molar-refractivity contribution < 1.29 is 12.8 Å². The predicted molar refractivity (Wildman–Crippen MR) is 62.7 cm³/mol. The van der Waals surface area contributed by atoms with E-state index in [1.165, 1.54) is 12.1 Å². The maximum Gasteiger partial charge on any atom is 0.241 e. The molecule has 2 N–H and O–H groups in total. The second-order valence-corrected chi connectivity index (χ2v) is 5.90. The lowest BCUT2D eigenvalue weighted by molar-refractivity contribution is 0.557. The van der Waals surface area contributed by atoms with E-state index in [9.17, 15) is 12.8 Å². The van der Waals surface area contributed by atoms with Crippen LogP contribution in [-0.4, -0.2) is 27.5 Å². The van der Waals surface area contributed by atoms with Gasteiger partial charge in [0.1, 0.15) is 5.82 Å².